The highest BCUT2D eigenvalue weighted by Crippen LogP contribution is 2.24. The molecule has 1 fully saturated rings. The SMILES string of the molecule is O=C(Cn1cnc2c(oc3ccccc32)c1=O)N1CCOC(c2ccccc2)C1. The Labute approximate surface area is 166 Å². The van der Waals surface area contributed by atoms with Crippen molar-refractivity contribution < 1.29 is 13.9 Å². The van der Waals surface area contributed by atoms with Crippen LogP contribution >= 0.6 is 0 Å². The minimum absolute atomic E-state index is 0.0830. The Bertz CT molecular complexity index is 1250. The first-order valence-electron chi connectivity index (χ1n) is 9.52. The molecule has 2 aromatic carbocycles. The molecule has 2 aromatic heterocycles. The zero-order valence-corrected chi connectivity index (χ0v) is 15.7. The maximum absolute atomic E-state index is 12.9. The van der Waals surface area contributed by atoms with Crippen LogP contribution in [0.4, 0.5) is 0 Å². The third kappa shape index (κ3) is 3.19. The number of para-hydroxylation sites is 1. The zero-order valence-electron chi connectivity index (χ0n) is 15.7. The average Bonchev–Trinajstić information content (AvgIpc) is 3.16. The highest BCUT2D eigenvalue weighted by Gasteiger charge is 2.26. The Morgan fingerprint density at radius 1 is 1.10 bits per heavy atom. The van der Waals surface area contributed by atoms with Gasteiger partial charge in [-0.25, -0.2) is 4.98 Å². The number of morpholine rings is 1. The van der Waals surface area contributed by atoms with Gasteiger partial charge in [0.25, 0.3) is 5.56 Å². The van der Waals surface area contributed by atoms with E-state index in [1.165, 1.54) is 10.9 Å². The van der Waals surface area contributed by atoms with E-state index >= 15 is 0 Å². The molecule has 146 valence electrons. The number of rotatable bonds is 3. The molecule has 29 heavy (non-hydrogen) atoms. The number of carbonyl (C=O) groups excluding carboxylic acids is 1. The van der Waals surface area contributed by atoms with E-state index in [-0.39, 0.29) is 29.7 Å². The Kier molecular flexibility index (Phi) is 4.37. The Hall–Kier alpha value is -3.45. The molecule has 1 aliphatic rings. The van der Waals surface area contributed by atoms with Crippen LogP contribution in [0.15, 0.2) is 70.1 Å². The van der Waals surface area contributed by atoms with Crippen molar-refractivity contribution in [3.05, 3.63) is 76.8 Å². The van der Waals surface area contributed by atoms with E-state index in [4.69, 9.17) is 9.15 Å². The summed E-state index contributed by atoms with van der Waals surface area (Å²) in [5.41, 5.74) is 1.98. The molecule has 1 amide bonds. The van der Waals surface area contributed by atoms with Crippen LogP contribution in [0.2, 0.25) is 0 Å². The van der Waals surface area contributed by atoms with Crippen LogP contribution in [0.3, 0.4) is 0 Å². The first-order chi connectivity index (χ1) is 14.2. The van der Waals surface area contributed by atoms with Crippen molar-refractivity contribution >= 4 is 28.0 Å². The molecule has 1 atom stereocenters. The van der Waals surface area contributed by atoms with Crippen LogP contribution in [0.1, 0.15) is 11.7 Å². The van der Waals surface area contributed by atoms with Crippen LogP contribution in [-0.2, 0) is 16.1 Å². The van der Waals surface area contributed by atoms with Gasteiger partial charge in [-0.15, -0.1) is 0 Å². The summed E-state index contributed by atoms with van der Waals surface area (Å²) in [7, 11) is 0. The van der Waals surface area contributed by atoms with Gasteiger partial charge in [-0.05, 0) is 17.7 Å². The fourth-order valence-electron chi connectivity index (χ4n) is 3.72. The predicted molar refractivity (Wildman–Crippen MR) is 107 cm³/mol. The Balaban J connectivity index is 1.39. The second-order valence-corrected chi connectivity index (χ2v) is 7.06. The van der Waals surface area contributed by atoms with Crippen molar-refractivity contribution in [1.29, 1.82) is 0 Å². The molecule has 4 aromatic rings. The van der Waals surface area contributed by atoms with E-state index in [1.54, 1.807) is 11.0 Å². The van der Waals surface area contributed by atoms with Gasteiger partial charge in [0.1, 0.15) is 23.7 Å². The van der Waals surface area contributed by atoms with Crippen LogP contribution in [-0.4, -0.2) is 40.1 Å². The van der Waals surface area contributed by atoms with E-state index in [9.17, 15) is 9.59 Å². The lowest BCUT2D eigenvalue weighted by molar-refractivity contribution is -0.139. The van der Waals surface area contributed by atoms with Gasteiger partial charge >= 0.3 is 0 Å². The van der Waals surface area contributed by atoms with Crippen molar-refractivity contribution in [2.24, 2.45) is 0 Å². The molecule has 1 unspecified atom stereocenters. The topological polar surface area (TPSA) is 77.6 Å². The number of ether oxygens (including phenoxy) is 1. The monoisotopic (exact) mass is 389 g/mol. The van der Waals surface area contributed by atoms with Gasteiger partial charge in [-0.2, -0.15) is 0 Å². The number of fused-ring (bicyclic) bond motifs is 3. The fourth-order valence-corrected chi connectivity index (χ4v) is 3.72. The quantitative estimate of drug-likeness (QED) is 0.538. The summed E-state index contributed by atoms with van der Waals surface area (Å²) in [6, 6.07) is 17.2. The molecule has 1 aliphatic heterocycles. The number of nitrogens with zero attached hydrogens (tertiary/aromatic N) is 3. The van der Waals surface area contributed by atoms with Crippen LogP contribution in [0.5, 0.6) is 0 Å². The molecule has 0 bridgehead atoms. The normalized spacial score (nSPS) is 17.1. The van der Waals surface area contributed by atoms with Gasteiger partial charge in [-0.1, -0.05) is 42.5 Å². The number of hydrogen-bond donors (Lipinski definition) is 0. The third-order valence-corrected chi connectivity index (χ3v) is 5.25. The van der Waals surface area contributed by atoms with E-state index in [0.29, 0.717) is 30.8 Å². The molecular weight excluding hydrogens is 370 g/mol. The summed E-state index contributed by atoms with van der Waals surface area (Å²) in [4.78, 5) is 31.8. The van der Waals surface area contributed by atoms with Gasteiger partial charge in [0.05, 0.1) is 19.5 Å². The highest BCUT2D eigenvalue weighted by atomic mass is 16.5. The predicted octanol–water partition coefficient (Wildman–Crippen LogP) is 2.74. The summed E-state index contributed by atoms with van der Waals surface area (Å²) < 4.78 is 12.8. The van der Waals surface area contributed by atoms with Gasteiger partial charge in [-0.3, -0.25) is 14.2 Å². The average molecular weight is 389 g/mol. The third-order valence-electron chi connectivity index (χ3n) is 5.25. The van der Waals surface area contributed by atoms with E-state index in [1.807, 2.05) is 48.5 Å². The van der Waals surface area contributed by atoms with Crippen molar-refractivity contribution in [2.75, 3.05) is 19.7 Å². The van der Waals surface area contributed by atoms with E-state index < -0.39 is 0 Å². The van der Waals surface area contributed by atoms with Crippen molar-refractivity contribution in [2.45, 2.75) is 12.6 Å². The lowest BCUT2D eigenvalue weighted by Gasteiger charge is -2.33. The summed E-state index contributed by atoms with van der Waals surface area (Å²) in [6.07, 6.45) is 1.25. The second kappa shape index (κ2) is 7.18. The van der Waals surface area contributed by atoms with Crippen molar-refractivity contribution in [1.82, 2.24) is 14.5 Å². The molecule has 0 N–H and O–H groups in total. The smallest absolute Gasteiger partial charge is 0.297 e. The Morgan fingerprint density at radius 2 is 1.90 bits per heavy atom. The highest BCUT2D eigenvalue weighted by molar-refractivity contribution is 6.01. The second-order valence-electron chi connectivity index (χ2n) is 7.06. The van der Waals surface area contributed by atoms with E-state index in [0.717, 1.165) is 10.9 Å². The number of carbonyl (C=O) groups is 1. The van der Waals surface area contributed by atoms with Crippen LogP contribution < -0.4 is 5.56 Å². The molecule has 0 radical (unpaired) electrons. The van der Waals surface area contributed by atoms with Crippen molar-refractivity contribution in [3.8, 4) is 0 Å². The molecular formula is C22H19N3O4. The lowest BCUT2D eigenvalue weighted by atomic mass is 10.1. The number of amides is 1. The lowest BCUT2D eigenvalue weighted by Crippen LogP contribution is -2.44. The largest absolute Gasteiger partial charge is 0.448 e. The van der Waals surface area contributed by atoms with Crippen LogP contribution in [0, 0.1) is 0 Å². The van der Waals surface area contributed by atoms with E-state index in [2.05, 4.69) is 4.98 Å². The molecule has 0 aliphatic carbocycles. The number of aromatic nitrogens is 2. The molecule has 7 heteroatoms. The van der Waals surface area contributed by atoms with Crippen LogP contribution in [0.25, 0.3) is 22.1 Å². The molecule has 0 spiro atoms. The molecule has 7 nitrogen and oxygen atoms in total. The minimum atomic E-state index is -0.354. The zero-order chi connectivity index (χ0) is 19.8. The fraction of sp³-hybridized carbons (Fsp3) is 0.227. The minimum Gasteiger partial charge on any atom is -0.448 e. The molecule has 1 saturated heterocycles. The summed E-state index contributed by atoms with van der Waals surface area (Å²) >= 11 is 0. The summed E-state index contributed by atoms with van der Waals surface area (Å²) in [5, 5.41) is 0.789. The van der Waals surface area contributed by atoms with Gasteiger partial charge < -0.3 is 14.1 Å². The molecule has 5 rings (SSSR count). The summed E-state index contributed by atoms with van der Waals surface area (Å²) in [5.74, 6) is -0.145. The summed E-state index contributed by atoms with van der Waals surface area (Å²) in [6.45, 7) is 1.33. The van der Waals surface area contributed by atoms with Crippen molar-refractivity contribution in [3.63, 3.8) is 0 Å². The molecule has 0 saturated carbocycles. The first-order valence-corrected chi connectivity index (χ1v) is 9.52. The first kappa shape index (κ1) is 17.6. The maximum Gasteiger partial charge on any atom is 0.297 e. The standard InChI is InChI=1S/C22H19N3O4/c26-19(24-10-11-28-18(12-24)15-6-2-1-3-7-15)13-25-14-23-20-16-8-4-5-9-17(16)29-21(20)22(25)27/h1-9,14,18H,10-13H2. The Morgan fingerprint density at radius 3 is 2.76 bits per heavy atom. The van der Waals surface area contributed by atoms with Gasteiger partial charge in [0, 0.05) is 11.9 Å². The number of hydrogen-bond acceptors (Lipinski definition) is 5. The number of benzene rings is 2. The maximum atomic E-state index is 12.9. The van der Waals surface area contributed by atoms with Gasteiger partial charge in [0.2, 0.25) is 11.5 Å². The molecule has 3 heterocycles. The van der Waals surface area contributed by atoms with Gasteiger partial charge in [0.15, 0.2) is 0 Å². The number of furan rings is 1.